The minimum absolute atomic E-state index is 0.269. The van der Waals surface area contributed by atoms with Crippen LogP contribution in [0, 0.1) is 0 Å². The number of hydrogen-bond acceptors (Lipinski definition) is 2. The van der Waals surface area contributed by atoms with Crippen molar-refractivity contribution in [2.24, 2.45) is 0 Å². The van der Waals surface area contributed by atoms with Gasteiger partial charge in [-0.25, -0.2) is 0 Å². The molecule has 0 saturated carbocycles. The maximum Gasteiger partial charge on any atom is 0.116 e. The molecule has 0 saturated heterocycles. The number of quaternary nitrogens is 2. The highest BCUT2D eigenvalue weighted by Crippen LogP contribution is 2.04. The van der Waals surface area contributed by atoms with Crippen LogP contribution in [-0.2, 0) is 0 Å². The molecule has 0 aromatic carbocycles. The second kappa shape index (κ2) is 9.23. The van der Waals surface area contributed by atoms with Gasteiger partial charge in [-0.2, -0.15) is 0 Å². The lowest BCUT2D eigenvalue weighted by molar-refractivity contribution is -0.889. The maximum absolute atomic E-state index is 9.59. The zero-order valence-corrected chi connectivity index (χ0v) is 14.6. The molecule has 2 N–H and O–H groups in total. The first-order valence-corrected chi connectivity index (χ1v) is 7.96. The van der Waals surface area contributed by atoms with Crippen molar-refractivity contribution < 1.29 is 19.2 Å². The molecule has 0 aliphatic carbocycles. The van der Waals surface area contributed by atoms with E-state index in [0.717, 1.165) is 13.1 Å². The van der Waals surface area contributed by atoms with Gasteiger partial charge in [0.2, 0.25) is 0 Å². The average Bonchev–Trinajstić information content (AvgIpc) is 2.33. The highest BCUT2D eigenvalue weighted by atomic mass is 35.5. The van der Waals surface area contributed by atoms with Crippen LogP contribution in [0.2, 0.25) is 0 Å². The molecule has 20 heavy (non-hydrogen) atoms. The van der Waals surface area contributed by atoms with Crippen LogP contribution in [0.5, 0.6) is 0 Å². The Balaban J connectivity index is 4.18. The first kappa shape index (κ1) is 20.2. The molecule has 0 aromatic heterocycles. The number of aliphatic hydroxyl groups is 2. The first-order chi connectivity index (χ1) is 9.12. The van der Waals surface area contributed by atoms with Gasteiger partial charge in [0.15, 0.2) is 0 Å². The lowest BCUT2D eigenvalue weighted by Crippen LogP contribution is -2.47. The number of nitrogens with zero attached hydrogens (tertiary/aromatic N) is 2. The summed E-state index contributed by atoms with van der Waals surface area (Å²) in [5.41, 5.74) is 0. The Bertz CT molecular complexity index is 269. The number of alkyl halides is 2. The zero-order valence-electron chi connectivity index (χ0n) is 13.1. The Labute approximate surface area is 133 Å². The molecule has 0 aliphatic rings. The molecule has 6 heteroatoms. The van der Waals surface area contributed by atoms with E-state index < -0.39 is 12.2 Å². The van der Waals surface area contributed by atoms with Gasteiger partial charge in [0.25, 0.3) is 0 Å². The molecule has 4 nitrogen and oxygen atoms in total. The van der Waals surface area contributed by atoms with E-state index in [4.69, 9.17) is 23.2 Å². The normalized spacial score (nSPS) is 16.6. The number of halogens is 2. The van der Waals surface area contributed by atoms with Gasteiger partial charge in [-0.05, 0) is 12.2 Å². The van der Waals surface area contributed by atoms with Crippen LogP contribution in [0.1, 0.15) is 0 Å². The maximum atomic E-state index is 9.59. The predicted octanol–water partition coefficient (Wildman–Crippen LogP) is 0.895. The van der Waals surface area contributed by atoms with Crippen molar-refractivity contribution in [1.82, 2.24) is 0 Å². The van der Waals surface area contributed by atoms with Gasteiger partial charge in [0.1, 0.15) is 25.3 Å². The molecule has 120 valence electrons. The number of aliphatic hydroxyl groups excluding tert-OH is 2. The van der Waals surface area contributed by atoms with Gasteiger partial charge in [0.05, 0.1) is 53.0 Å². The summed E-state index contributed by atoms with van der Waals surface area (Å²) in [5, 5.41) is 19.2. The highest BCUT2D eigenvalue weighted by Gasteiger charge is 2.20. The Kier molecular flexibility index (Phi) is 9.31. The Morgan fingerprint density at radius 1 is 0.800 bits per heavy atom. The third-order valence-corrected chi connectivity index (χ3v) is 3.84. The average molecular weight is 329 g/mol. The molecule has 2 atom stereocenters. The molecule has 0 rings (SSSR count). The minimum atomic E-state index is -0.467. The summed E-state index contributed by atoms with van der Waals surface area (Å²) < 4.78 is 1.39. The molecule has 0 fully saturated rings. The van der Waals surface area contributed by atoms with E-state index in [-0.39, 0.29) is 11.8 Å². The summed E-state index contributed by atoms with van der Waals surface area (Å²) in [6, 6.07) is 0. The molecule has 0 bridgehead atoms. The number of rotatable bonds is 10. The summed E-state index contributed by atoms with van der Waals surface area (Å²) in [5.74, 6) is 0.539. The minimum Gasteiger partial charge on any atom is -0.386 e. The fourth-order valence-corrected chi connectivity index (χ4v) is 2.30. The van der Waals surface area contributed by atoms with Crippen LogP contribution in [0.15, 0.2) is 12.2 Å². The lowest BCUT2D eigenvalue weighted by atomic mass is 10.3. The predicted molar refractivity (Wildman–Crippen MR) is 86.3 cm³/mol. The summed E-state index contributed by atoms with van der Waals surface area (Å²) >= 11 is 11.3. The first-order valence-electron chi connectivity index (χ1n) is 6.89. The van der Waals surface area contributed by atoms with Crippen molar-refractivity contribution in [3.63, 3.8) is 0 Å². The van der Waals surface area contributed by atoms with E-state index in [9.17, 15) is 10.2 Å². The van der Waals surface area contributed by atoms with E-state index in [1.54, 1.807) is 0 Å². The number of likely N-dealkylation sites (N-methyl/N-ethyl adjacent to an activating group) is 2. The van der Waals surface area contributed by atoms with Crippen LogP contribution in [-0.4, -0.2) is 97.5 Å². The van der Waals surface area contributed by atoms with E-state index in [2.05, 4.69) is 40.3 Å². The van der Waals surface area contributed by atoms with Gasteiger partial charge in [-0.15, -0.1) is 23.2 Å². The van der Waals surface area contributed by atoms with E-state index in [0.29, 0.717) is 22.1 Å². The molecular formula is C14H30Cl2N2O2+2. The van der Waals surface area contributed by atoms with Gasteiger partial charge in [-0.3, -0.25) is 0 Å². The largest absolute Gasteiger partial charge is 0.386 e. The zero-order chi connectivity index (χ0) is 15.8. The summed E-state index contributed by atoms with van der Waals surface area (Å²) in [6.45, 7) is 2.95. The molecule has 0 amide bonds. The van der Waals surface area contributed by atoms with Crippen molar-refractivity contribution in [2.75, 3.05) is 66.1 Å². The molecular weight excluding hydrogens is 299 g/mol. The van der Waals surface area contributed by atoms with Gasteiger partial charge >= 0.3 is 0 Å². The SMILES string of the molecule is C[N+](C)(CC=CC[N+](C)(C)CC(O)CCl)CC(O)CCl. The van der Waals surface area contributed by atoms with Gasteiger partial charge < -0.3 is 19.2 Å². The van der Waals surface area contributed by atoms with Crippen LogP contribution in [0.4, 0.5) is 0 Å². The summed E-state index contributed by atoms with van der Waals surface area (Å²) in [6.07, 6.45) is 3.31. The lowest BCUT2D eigenvalue weighted by Gasteiger charge is -2.31. The standard InChI is InChI=1S/C14H30Cl2N2O2/c1-17(2,11-13(19)9-15)7-5-6-8-18(3,4)12-14(20)10-16/h5-6,13-14,19-20H,7-12H2,1-4H3/q+2. The van der Waals surface area contributed by atoms with Crippen molar-refractivity contribution >= 4 is 23.2 Å². The summed E-state index contributed by atoms with van der Waals surface area (Å²) in [4.78, 5) is 0. The quantitative estimate of drug-likeness (QED) is 0.355. The molecule has 0 radical (unpaired) electrons. The van der Waals surface area contributed by atoms with Gasteiger partial charge in [0, 0.05) is 0 Å². The van der Waals surface area contributed by atoms with Crippen LogP contribution < -0.4 is 0 Å². The highest BCUT2D eigenvalue weighted by molar-refractivity contribution is 6.18. The van der Waals surface area contributed by atoms with Gasteiger partial charge in [-0.1, -0.05) is 0 Å². The second-order valence-electron chi connectivity index (χ2n) is 6.69. The van der Waals surface area contributed by atoms with Crippen LogP contribution in [0.3, 0.4) is 0 Å². The van der Waals surface area contributed by atoms with Crippen LogP contribution >= 0.6 is 23.2 Å². The van der Waals surface area contributed by atoms with Crippen molar-refractivity contribution in [2.45, 2.75) is 12.2 Å². The Hall–Kier alpha value is 0.160. The van der Waals surface area contributed by atoms with E-state index in [1.165, 1.54) is 0 Å². The smallest absolute Gasteiger partial charge is 0.116 e. The molecule has 0 aromatic rings. The van der Waals surface area contributed by atoms with Crippen molar-refractivity contribution in [3.8, 4) is 0 Å². The fourth-order valence-electron chi connectivity index (χ4n) is 2.11. The third-order valence-electron chi connectivity index (χ3n) is 3.13. The Morgan fingerprint density at radius 3 is 1.35 bits per heavy atom. The summed E-state index contributed by atoms with van der Waals surface area (Å²) in [7, 11) is 8.27. The van der Waals surface area contributed by atoms with E-state index >= 15 is 0 Å². The third kappa shape index (κ3) is 9.97. The monoisotopic (exact) mass is 328 g/mol. The molecule has 0 aliphatic heterocycles. The fraction of sp³-hybridized carbons (Fsp3) is 0.857. The molecule has 2 unspecified atom stereocenters. The molecule has 0 heterocycles. The van der Waals surface area contributed by atoms with Crippen molar-refractivity contribution in [1.29, 1.82) is 0 Å². The van der Waals surface area contributed by atoms with Crippen molar-refractivity contribution in [3.05, 3.63) is 12.2 Å². The molecule has 0 spiro atoms. The Morgan fingerprint density at radius 2 is 1.10 bits per heavy atom. The van der Waals surface area contributed by atoms with Crippen LogP contribution in [0.25, 0.3) is 0 Å². The van der Waals surface area contributed by atoms with E-state index in [1.807, 2.05) is 0 Å². The number of hydrogen-bond donors (Lipinski definition) is 2. The topological polar surface area (TPSA) is 40.5 Å². The second-order valence-corrected chi connectivity index (χ2v) is 7.31.